The fourth-order valence-corrected chi connectivity index (χ4v) is 7.97. The summed E-state index contributed by atoms with van der Waals surface area (Å²) in [5.41, 5.74) is 5.96. The van der Waals surface area contributed by atoms with E-state index in [2.05, 4.69) is 42.4 Å². The zero-order valence-electron chi connectivity index (χ0n) is 22.9. The third-order valence-electron chi connectivity index (χ3n) is 9.66. The van der Waals surface area contributed by atoms with Crippen molar-refractivity contribution in [3.63, 3.8) is 0 Å². The molecular formula is C29H38N4O5. The molecule has 6 atom stereocenters. The molecular weight excluding hydrogens is 484 g/mol. The van der Waals surface area contributed by atoms with Crippen LogP contribution in [0.5, 0.6) is 0 Å². The molecule has 38 heavy (non-hydrogen) atoms. The Labute approximate surface area is 223 Å². The summed E-state index contributed by atoms with van der Waals surface area (Å²) in [4.78, 5) is 47.0. The Morgan fingerprint density at radius 1 is 1.11 bits per heavy atom. The molecule has 0 spiro atoms. The van der Waals surface area contributed by atoms with E-state index in [1.807, 2.05) is 6.08 Å². The van der Waals surface area contributed by atoms with E-state index in [1.54, 1.807) is 19.1 Å². The maximum Gasteiger partial charge on any atom is 0.317 e. The Kier molecular flexibility index (Phi) is 7.34. The number of fused-ring (bicyclic) bond motifs is 5. The summed E-state index contributed by atoms with van der Waals surface area (Å²) < 4.78 is 5.82. The predicted octanol–water partition coefficient (Wildman–Crippen LogP) is 4.54. The molecule has 1 aromatic heterocycles. The summed E-state index contributed by atoms with van der Waals surface area (Å²) in [6, 6.07) is 2.61. The summed E-state index contributed by atoms with van der Waals surface area (Å²) in [5.74, 6) is 1.39. The molecule has 4 aliphatic carbocycles. The topological polar surface area (TPSA) is 141 Å². The lowest BCUT2D eigenvalue weighted by atomic mass is 9.47. The molecule has 0 aromatic carbocycles. The standard InChI is InChI=1S/C24H32O4.C5H6N4O/c1-14-12-18-19(22(4)9-6-17(27)13-21(14)22)7-10-23(5)20(18)8-11-24(23,15(2)25)28-16(3)26;6-5(10)8-4-2-1-3-7-9-4/h12-13,18-20H,6-11H2,1-5H3;1-3H,(H3,6,8,9,10)/t18-,19+,20+,22-,23+,24+;/m1./s1. The molecule has 5 rings (SSSR count). The molecule has 9 heteroatoms. The Balaban J connectivity index is 0.000000283. The van der Waals surface area contributed by atoms with Gasteiger partial charge >= 0.3 is 12.0 Å². The Hall–Kier alpha value is -3.36. The molecule has 3 N–H and O–H groups in total. The number of hydrogen-bond donors (Lipinski definition) is 2. The lowest BCUT2D eigenvalue weighted by molar-refractivity contribution is -0.185. The molecule has 9 nitrogen and oxygen atoms in total. The van der Waals surface area contributed by atoms with Crippen molar-refractivity contribution in [1.82, 2.24) is 10.2 Å². The minimum absolute atomic E-state index is 0.0160. The van der Waals surface area contributed by atoms with Gasteiger partial charge in [-0.1, -0.05) is 25.5 Å². The van der Waals surface area contributed by atoms with E-state index >= 15 is 0 Å². The maximum atomic E-state index is 12.8. The van der Waals surface area contributed by atoms with Gasteiger partial charge < -0.3 is 10.5 Å². The van der Waals surface area contributed by atoms with E-state index in [-0.39, 0.29) is 28.4 Å². The summed E-state index contributed by atoms with van der Waals surface area (Å²) in [6.07, 6.45) is 10.7. The average Bonchev–Trinajstić information content (AvgIpc) is 3.14. The monoisotopic (exact) mass is 522 g/mol. The van der Waals surface area contributed by atoms with Crippen molar-refractivity contribution >= 4 is 29.4 Å². The van der Waals surface area contributed by atoms with Crippen molar-refractivity contribution in [2.75, 3.05) is 5.32 Å². The van der Waals surface area contributed by atoms with Crippen LogP contribution >= 0.6 is 0 Å². The molecule has 204 valence electrons. The van der Waals surface area contributed by atoms with Gasteiger partial charge in [0.25, 0.3) is 0 Å². The van der Waals surface area contributed by atoms with Crippen LogP contribution in [0, 0.1) is 28.6 Å². The van der Waals surface area contributed by atoms with Crippen molar-refractivity contribution in [3.8, 4) is 0 Å². The highest BCUT2D eigenvalue weighted by Crippen LogP contribution is 2.67. The fraction of sp³-hybridized carbons (Fsp3) is 0.586. The van der Waals surface area contributed by atoms with Gasteiger partial charge in [-0.25, -0.2) is 4.79 Å². The van der Waals surface area contributed by atoms with Gasteiger partial charge in [0.1, 0.15) is 0 Å². The van der Waals surface area contributed by atoms with Gasteiger partial charge in [0.05, 0.1) is 0 Å². The number of esters is 1. The average molecular weight is 523 g/mol. The number of Topliss-reactive ketones (excluding diaryl/α,β-unsaturated/α-hetero) is 1. The van der Waals surface area contributed by atoms with Crippen molar-refractivity contribution in [2.24, 2.45) is 34.3 Å². The van der Waals surface area contributed by atoms with Gasteiger partial charge in [-0.3, -0.25) is 19.7 Å². The van der Waals surface area contributed by atoms with Crippen molar-refractivity contribution in [2.45, 2.75) is 78.7 Å². The number of ketones is 2. The van der Waals surface area contributed by atoms with Crippen LogP contribution in [-0.4, -0.2) is 39.4 Å². The SMILES string of the molecule is CC(=O)O[C@]1(C(C)=O)CC[C@H]2[C@@H]3C=C(C)C4=CC(=O)CC[C@]4(C)[C@H]3CC[C@@]21C.NC(=O)Nc1cccnn1. The number of nitrogens with one attached hydrogen (secondary N) is 1. The van der Waals surface area contributed by atoms with Gasteiger partial charge in [0, 0.05) is 25.0 Å². The van der Waals surface area contributed by atoms with Crippen LogP contribution in [0.15, 0.2) is 41.6 Å². The molecule has 0 bridgehead atoms. The number of nitrogens with two attached hydrogens (primary N) is 1. The molecule has 0 radical (unpaired) electrons. The number of urea groups is 1. The van der Waals surface area contributed by atoms with Crippen LogP contribution in [0.25, 0.3) is 0 Å². The summed E-state index contributed by atoms with van der Waals surface area (Å²) in [6.45, 7) is 9.63. The van der Waals surface area contributed by atoms with E-state index < -0.39 is 11.6 Å². The van der Waals surface area contributed by atoms with E-state index in [4.69, 9.17) is 10.5 Å². The molecule has 0 aliphatic heterocycles. The number of carbonyl (C=O) groups is 4. The lowest BCUT2D eigenvalue weighted by Gasteiger charge is -2.58. The van der Waals surface area contributed by atoms with Gasteiger partial charge in [0.15, 0.2) is 23.0 Å². The minimum atomic E-state index is -0.990. The van der Waals surface area contributed by atoms with Crippen LogP contribution in [0.1, 0.15) is 73.1 Å². The van der Waals surface area contributed by atoms with Crippen LogP contribution in [0.3, 0.4) is 0 Å². The van der Waals surface area contributed by atoms with E-state index in [0.29, 0.717) is 36.4 Å². The van der Waals surface area contributed by atoms with E-state index in [1.165, 1.54) is 24.3 Å². The number of nitrogens with zero attached hydrogens (tertiary/aromatic N) is 2. The highest BCUT2D eigenvalue weighted by molar-refractivity contribution is 5.92. The van der Waals surface area contributed by atoms with Crippen molar-refractivity contribution in [3.05, 3.63) is 41.6 Å². The van der Waals surface area contributed by atoms with Crippen molar-refractivity contribution < 1.29 is 23.9 Å². The first-order chi connectivity index (χ1) is 17.8. The van der Waals surface area contributed by atoms with E-state index in [0.717, 1.165) is 25.7 Å². The second-order valence-corrected chi connectivity index (χ2v) is 11.7. The predicted molar refractivity (Wildman–Crippen MR) is 142 cm³/mol. The van der Waals surface area contributed by atoms with Gasteiger partial charge in [-0.2, -0.15) is 5.10 Å². The number of primary amides is 1. The smallest absolute Gasteiger partial charge is 0.317 e. The number of ether oxygens (including phenoxy) is 1. The lowest BCUT2D eigenvalue weighted by Crippen LogP contribution is -2.58. The number of amides is 2. The number of anilines is 1. The Morgan fingerprint density at radius 2 is 1.82 bits per heavy atom. The largest absolute Gasteiger partial charge is 0.451 e. The first-order valence-electron chi connectivity index (χ1n) is 13.3. The molecule has 4 aliphatic rings. The quantitative estimate of drug-likeness (QED) is 0.555. The number of hydrogen-bond acceptors (Lipinski definition) is 7. The third-order valence-corrected chi connectivity index (χ3v) is 9.66. The van der Waals surface area contributed by atoms with Crippen molar-refractivity contribution in [1.29, 1.82) is 0 Å². The van der Waals surface area contributed by atoms with E-state index in [9.17, 15) is 19.2 Å². The van der Waals surface area contributed by atoms with Gasteiger partial charge in [-0.05, 0) is 92.9 Å². The highest BCUT2D eigenvalue weighted by Gasteiger charge is 2.67. The van der Waals surface area contributed by atoms with Crippen LogP contribution in [-0.2, 0) is 19.1 Å². The zero-order valence-corrected chi connectivity index (χ0v) is 22.9. The summed E-state index contributed by atoms with van der Waals surface area (Å²) >= 11 is 0. The maximum absolute atomic E-state index is 12.8. The molecule has 2 amide bonds. The summed E-state index contributed by atoms with van der Waals surface area (Å²) in [5, 5.41) is 9.34. The number of rotatable bonds is 3. The van der Waals surface area contributed by atoms with Gasteiger partial charge in [0.2, 0.25) is 0 Å². The molecule has 2 saturated carbocycles. The number of allylic oxidation sites excluding steroid dienone is 4. The number of aromatic nitrogens is 2. The Bertz CT molecular complexity index is 1210. The Morgan fingerprint density at radius 3 is 2.42 bits per heavy atom. The minimum Gasteiger partial charge on any atom is -0.451 e. The van der Waals surface area contributed by atoms with Crippen LogP contribution in [0.4, 0.5) is 10.6 Å². The highest BCUT2D eigenvalue weighted by atomic mass is 16.6. The first-order valence-corrected chi connectivity index (χ1v) is 13.3. The third kappa shape index (κ3) is 4.56. The van der Waals surface area contributed by atoms with Crippen LogP contribution < -0.4 is 11.1 Å². The molecule has 0 saturated heterocycles. The molecule has 0 unspecified atom stereocenters. The molecule has 1 heterocycles. The van der Waals surface area contributed by atoms with Crippen LogP contribution in [0.2, 0.25) is 0 Å². The molecule has 1 aromatic rings. The second kappa shape index (κ2) is 10.1. The zero-order chi connectivity index (χ0) is 27.9. The number of carbonyl (C=O) groups excluding carboxylic acids is 4. The fourth-order valence-electron chi connectivity index (χ4n) is 7.97. The van der Waals surface area contributed by atoms with Gasteiger partial charge in [-0.15, -0.1) is 5.10 Å². The first kappa shape index (κ1) is 27.7. The second-order valence-electron chi connectivity index (χ2n) is 11.7. The molecule has 2 fully saturated rings. The normalized spacial score (nSPS) is 35.2. The summed E-state index contributed by atoms with van der Waals surface area (Å²) in [7, 11) is 0.